The Morgan fingerprint density at radius 3 is 2.85 bits per heavy atom. The molecule has 0 aliphatic carbocycles. The van der Waals surface area contributed by atoms with Gasteiger partial charge >= 0.3 is 0 Å². The van der Waals surface area contributed by atoms with Gasteiger partial charge in [0.25, 0.3) is 0 Å². The van der Waals surface area contributed by atoms with Gasteiger partial charge in [-0.05, 0) is 38.4 Å². The molecule has 0 aliphatic heterocycles. The van der Waals surface area contributed by atoms with Crippen LogP contribution in [0.15, 0.2) is 12.1 Å². The van der Waals surface area contributed by atoms with E-state index >= 15 is 0 Å². The van der Waals surface area contributed by atoms with Crippen LogP contribution in [0.25, 0.3) is 0 Å². The number of pyridine rings is 1. The quantitative estimate of drug-likeness (QED) is 0.759. The fraction of sp³-hybridized carbons (Fsp3) is 0.500. The van der Waals surface area contributed by atoms with Gasteiger partial charge in [-0.25, -0.2) is 0 Å². The van der Waals surface area contributed by atoms with Crippen LogP contribution in [0.5, 0.6) is 5.75 Å². The summed E-state index contributed by atoms with van der Waals surface area (Å²) in [5.74, 6) is 0.860. The molecule has 13 heavy (non-hydrogen) atoms. The fourth-order valence-corrected chi connectivity index (χ4v) is 1.23. The molecule has 1 aromatic heterocycles. The zero-order chi connectivity index (χ0) is 9.68. The van der Waals surface area contributed by atoms with Gasteiger partial charge in [0.15, 0.2) is 0 Å². The van der Waals surface area contributed by atoms with Crippen molar-refractivity contribution in [2.45, 2.75) is 19.8 Å². The lowest BCUT2D eigenvalue weighted by molar-refractivity contribution is 0.406. The van der Waals surface area contributed by atoms with E-state index in [1.54, 1.807) is 7.11 Å². The first-order valence-corrected chi connectivity index (χ1v) is 4.48. The summed E-state index contributed by atoms with van der Waals surface area (Å²) >= 11 is 0. The Labute approximate surface area is 78.9 Å². The minimum absolute atomic E-state index is 0.693. The summed E-state index contributed by atoms with van der Waals surface area (Å²) in [5.41, 5.74) is 7.47. The Hall–Kier alpha value is -1.09. The second-order valence-electron chi connectivity index (χ2n) is 2.99. The predicted octanol–water partition coefficient (Wildman–Crippen LogP) is 1.29. The maximum absolute atomic E-state index is 5.44. The second kappa shape index (κ2) is 4.82. The number of hydrogen-bond acceptors (Lipinski definition) is 3. The zero-order valence-corrected chi connectivity index (χ0v) is 8.21. The molecule has 1 aromatic rings. The van der Waals surface area contributed by atoms with Crippen molar-refractivity contribution in [3.63, 3.8) is 0 Å². The van der Waals surface area contributed by atoms with Crippen molar-refractivity contribution in [1.29, 1.82) is 0 Å². The van der Waals surface area contributed by atoms with Crippen LogP contribution in [0.4, 0.5) is 0 Å². The highest BCUT2D eigenvalue weighted by Gasteiger charge is 2.03. The third-order valence-electron chi connectivity index (χ3n) is 1.91. The van der Waals surface area contributed by atoms with Crippen LogP contribution in [-0.2, 0) is 6.42 Å². The summed E-state index contributed by atoms with van der Waals surface area (Å²) in [6.45, 7) is 2.67. The lowest BCUT2D eigenvalue weighted by atomic mass is 10.2. The van der Waals surface area contributed by atoms with Gasteiger partial charge in [0.1, 0.15) is 5.75 Å². The molecule has 0 spiro atoms. The molecule has 3 heteroatoms. The molecular weight excluding hydrogens is 164 g/mol. The number of rotatable bonds is 4. The van der Waals surface area contributed by atoms with Crippen molar-refractivity contribution >= 4 is 0 Å². The van der Waals surface area contributed by atoms with Crippen molar-refractivity contribution < 1.29 is 4.74 Å². The number of nitrogens with zero attached hydrogens (tertiary/aromatic N) is 1. The minimum Gasteiger partial charge on any atom is -0.495 e. The van der Waals surface area contributed by atoms with Crippen LogP contribution in [0.1, 0.15) is 17.8 Å². The molecule has 1 heterocycles. The molecule has 0 saturated carbocycles. The molecule has 72 valence electrons. The van der Waals surface area contributed by atoms with E-state index in [4.69, 9.17) is 10.5 Å². The smallest absolute Gasteiger partial charge is 0.140 e. The number of methoxy groups -OCH3 is 1. The maximum atomic E-state index is 5.44. The lowest BCUT2D eigenvalue weighted by Crippen LogP contribution is -2.03. The number of aromatic nitrogens is 1. The van der Waals surface area contributed by atoms with E-state index in [1.165, 1.54) is 0 Å². The molecule has 0 bridgehead atoms. The summed E-state index contributed by atoms with van der Waals surface area (Å²) in [7, 11) is 1.66. The highest BCUT2D eigenvalue weighted by atomic mass is 16.5. The van der Waals surface area contributed by atoms with E-state index in [1.807, 2.05) is 19.1 Å². The van der Waals surface area contributed by atoms with Crippen LogP contribution >= 0.6 is 0 Å². The fourth-order valence-electron chi connectivity index (χ4n) is 1.23. The first kappa shape index (κ1) is 9.99. The van der Waals surface area contributed by atoms with Crippen molar-refractivity contribution in [3.8, 4) is 5.75 Å². The van der Waals surface area contributed by atoms with Gasteiger partial charge in [0.05, 0.1) is 12.8 Å². The molecule has 0 saturated heterocycles. The van der Waals surface area contributed by atoms with E-state index in [-0.39, 0.29) is 0 Å². The molecule has 0 amide bonds. The Morgan fingerprint density at radius 1 is 1.46 bits per heavy atom. The maximum Gasteiger partial charge on any atom is 0.140 e. The van der Waals surface area contributed by atoms with Crippen molar-refractivity contribution in [3.05, 3.63) is 23.5 Å². The molecule has 3 nitrogen and oxygen atoms in total. The van der Waals surface area contributed by atoms with Crippen LogP contribution in [0, 0.1) is 6.92 Å². The Bertz CT molecular complexity index is 274. The minimum atomic E-state index is 0.693. The summed E-state index contributed by atoms with van der Waals surface area (Å²) in [6, 6.07) is 3.90. The first-order valence-electron chi connectivity index (χ1n) is 4.48. The first-order chi connectivity index (χ1) is 6.27. The van der Waals surface area contributed by atoms with Crippen LogP contribution in [0.2, 0.25) is 0 Å². The number of ether oxygens (including phenoxy) is 1. The molecule has 2 N–H and O–H groups in total. The van der Waals surface area contributed by atoms with E-state index in [9.17, 15) is 0 Å². The van der Waals surface area contributed by atoms with E-state index in [0.717, 1.165) is 30.0 Å². The third-order valence-corrected chi connectivity index (χ3v) is 1.91. The van der Waals surface area contributed by atoms with Gasteiger partial charge in [-0.3, -0.25) is 4.98 Å². The molecule has 0 radical (unpaired) electrons. The number of hydrogen-bond donors (Lipinski definition) is 1. The summed E-state index contributed by atoms with van der Waals surface area (Å²) in [5, 5.41) is 0. The largest absolute Gasteiger partial charge is 0.495 e. The van der Waals surface area contributed by atoms with E-state index < -0.39 is 0 Å². The summed E-state index contributed by atoms with van der Waals surface area (Å²) in [4.78, 5) is 4.40. The number of nitrogens with two attached hydrogens (primary N) is 1. The second-order valence-corrected chi connectivity index (χ2v) is 2.99. The van der Waals surface area contributed by atoms with Gasteiger partial charge in [0.2, 0.25) is 0 Å². The molecule has 1 rings (SSSR count). The highest BCUT2D eigenvalue weighted by Crippen LogP contribution is 2.17. The predicted molar refractivity (Wildman–Crippen MR) is 52.9 cm³/mol. The average Bonchev–Trinajstić information content (AvgIpc) is 2.15. The van der Waals surface area contributed by atoms with Crippen LogP contribution in [-0.4, -0.2) is 18.6 Å². The van der Waals surface area contributed by atoms with Crippen molar-refractivity contribution in [1.82, 2.24) is 4.98 Å². The van der Waals surface area contributed by atoms with Gasteiger partial charge < -0.3 is 10.5 Å². The molecule has 0 aliphatic rings. The van der Waals surface area contributed by atoms with Crippen LogP contribution < -0.4 is 10.5 Å². The SMILES string of the molecule is COc1ccc(C)nc1CCCN. The Balaban J connectivity index is 2.81. The zero-order valence-electron chi connectivity index (χ0n) is 8.21. The highest BCUT2D eigenvalue weighted by molar-refractivity contribution is 5.29. The number of aryl methyl sites for hydroxylation is 2. The molecular formula is C10H16N2O. The summed E-state index contributed by atoms with van der Waals surface area (Å²) < 4.78 is 5.19. The van der Waals surface area contributed by atoms with Crippen molar-refractivity contribution in [2.24, 2.45) is 5.73 Å². The topological polar surface area (TPSA) is 48.1 Å². The summed E-state index contributed by atoms with van der Waals surface area (Å²) in [6.07, 6.45) is 1.84. The monoisotopic (exact) mass is 180 g/mol. The van der Waals surface area contributed by atoms with Gasteiger partial charge in [0, 0.05) is 5.69 Å². The van der Waals surface area contributed by atoms with Gasteiger partial charge in [-0.2, -0.15) is 0 Å². The van der Waals surface area contributed by atoms with Crippen LogP contribution in [0.3, 0.4) is 0 Å². The molecule has 0 atom stereocenters. The van der Waals surface area contributed by atoms with Gasteiger partial charge in [-0.15, -0.1) is 0 Å². The third kappa shape index (κ3) is 2.70. The Morgan fingerprint density at radius 2 is 2.23 bits per heavy atom. The standard InChI is InChI=1S/C10H16N2O/c1-8-5-6-10(13-2)9(12-8)4-3-7-11/h5-6H,3-4,7,11H2,1-2H3. The lowest BCUT2D eigenvalue weighted by Gasteiger charge is -2.07. The average molecular weight is 180 g/mol. The molecule has 0 aromatic carbocycles. The van der Waals surface area contributed by atoms with Crippen molar-refractivity contribution in [2.75, 3.05) is 13.7 Å². The van der Waals surface area contributed by atoms with E-state index in [2.05, 4.69) is 4.98 Å². The molecule has 0 fully saturated rings. The Kier molecular flexibility index (Phi) is 3.71. The van der Waals surface area contributed by atoms with E-state index in [0.29, 0.717) is 6.54 Å². The molecule has 0 unspecified atom stereocenters. The van der Waals surface area contributed by atoms with Gasteiger partial charge in [-0.1, -0.05) is 0 Å². The normalized spacial score (nSPS) is 10.1.